The van der Waals surface area contributed by atoms with E-state index in [0.29, 0.717) is 20.9 Å². The summed E-state index contributed by atoms with van der Waals surface area (Å²) in [5.74, 6) is 0.345. The first kappa shape index (κ1) is 16.1. The molecule has 0 spiro atoms. The SMILES string of the molecule is COc1cc(Cl)c(C)cc1NS(=O)(=O)c1cncc(Br)c1. The van der Waals surface area contributed by atoms with Crippen LogP contribution in [0.1, 0.15) is 5.56 Å². The molecule has 0 aliphatic carbocycles. The van der Waals surface area contributed by atoms with Crippen LogP contribution >= 0.6 is 27.5 Å². The average Bonchev–Trinajstić information content (AvgIpc) is 2.42. The predicted molar refractivity (Wildman–Crippen MR) is 85.5 cm³/mol. The molecule has 0 amide bonds. The molecule has 8 heteroatoms. The van der Waals surface area contributed by atoms with Crippen molar-refractivity contribution in [2.45, 2.75) is 11.8 Å². The lowest BCUT2D eigenvalue weighted by Crippen LogP contribution is -2.14. The smallest absolute Gasteiger partial charge is 0.263 e. The molecule has 112 valence electrons. The van der Waals surface area contributed by atoms with Gasteiger partial charge in [-0.05, 0) is 40.5 Å². The van der Waals surface area contributed by atoms with Crippen molar-refractivity contribution in [2.75, 3.05) is 11.8 Å². The summed E-state index contributed by atoms with van der Waals surface area (Å²) in [7, 11) is -2.32. The Morgan fingerprint density at radius 2 is 2.00 bits per heavy atom. The number of ether oxygens (including phenoxy) is 1. The van der Waals surface area contributed by atoms with Crippen LogP contribution in [0.15, 0.2) is 40.0 Å². The molecule has 21 heavy (non-hydrogen) atoms. The van der Waals surface area contributed by atoms with Crippen molar-refractivity contribution in [3.05, 3.63) is 45.7 Å². The first-order valence-corrected chi connectivity index (χ1v) is 8.46. The van der Waals surface area contributed by atoms with Crippen molar-refractivity contribution in [1.82, 2.24) is 4.98 Å². The molecule has 2 rings (SSSR count). The molecule has 0 saturated carbocycles. The minimum atomic E-state index is -3.76. The second-order valence-electron chi connectivity index (χ2n) is 4.25. The van der Waals surface area contributed by atoms with Gasteiger partial charge in [-0.1, -0.05) is 11.6 Å². The zero-order valence-corrected chi connectivity index (χ0v) is 14.4. The Balaban J connectivity index is 2.44. The number of benzene rings is 1. The van der Waals surface area contributed by atoms with Gasteiger partial charge in [0.2, 0.25) is 0 Å². The Morgan fingerprint density at radius 1 is 1.29 bits per heavy atom. The summed E-state index contributed by atoms with van der Waals surface area (Å²) >= 11 is 9.19. The zero-order chi connectivity index (χ0) is 15.6. The molecule has 0 aliphatic rings. The van der Waals surface area contributed by atoms with E-state index in [4.69, 9.17) is 16.3 Å². The van der Waals surface area contributed by atoms with Crippen molar-refractivity contribution in [3.63, 3.8) is 0 Å². The highest BCUT2D eigenvalue weighted by atomic mass is 79.9. The maximum absolute atomic E-state index is 12.4. The van der Waals surface area contributed by atoms with Crippen LogP contribution < -0.4 is 9.46 Å². The Labute approximate surface area is 136 Å². The standard InChI is InChI=1S/C13H12BrClN2O3S/c1-8-3-12(13(20-2)5-11(8)15)17-21(18,19)10-4-9(14)6-16-7-10/h3-7,17H,1-2H3. The highest BCUT2D eigenvalue weighted by Gasteiger charge is 2.18. The molecule has 0 saturated heterocycles. The van der Waals surface area contributed by atoms with E-state index in [2.05, 4.69) is 25.6 Å². The summed E-state index contributed by atoms with van der Waals surface area (Å²) in [5.41, 5.74) is 1.06. The van der Waals surface area contributed by atoms with Gasteiger partial charge < -0.3 is 4.74 Å². The third-order valence-corrected chi connectivity index (χ3v) is 4.89. The molecular formula is C13H12BrClN2O3S. The monoisotopic (exact) mass is 390 g/mol. The summed E-state index contributed by atoms with van der Waals surface area (Å²) in [6.07, 6.45) is 2.77. The quantitative estimate of drug-likeness (QED) is 0.864. The highest BCUT2D eigenvalue weighted by Crippen LogP contribution is 2.32. The number of nitrogens with zero attached hydrogens (tertiary/aromatic N) is 1. The van der Waals surface area contributed by atoms with Gasteiger partial charge in [0, 0.05) is 28.0 Å². The molecule has 0 aliphatic heterocycles. The second kappa shape index (κ2) is 6.21. The van der Waals surface area contributed by atoms with Crippen LogP contribution in [-0.4, -0.2) is 20.5 Å². The van der Waals surface area contributed by atoms with Gasteiger partial charge in [-0.2, -0.15) is 0 Å². The Bertz CT molecular complexity index is 781. The van der Waals surface area contributed by atoms with E-state index in [9.17, 15) is 8.42 Å². The Hall–Kier alpha value is -1.31. The molecule has 0 unspecified atom stereocenters. The number of nitrogens with one attached hydrogen (secondary N) is 1. The van der Waals surface area contributed by atoms with Gasteiger partial charge in [0.05, 0.1) is 12.8 Å². The van der Waals surface area contributed by atoms with Crippen molar-refractivity contribution < 1.29 is 13.2 Å². The third-order valence-electron chi connectivity index (χ3n) is 2.72. The van der Waals surface area contributed by atoms with Crippen LogP contribution in [0.4, 0.5) is 5.69 Å². The molecule has 0 radical (unpaired) electrons. The van der Waals surface area contributed by atoms with Crippen LogP contribution in [0.25, 0.3) is 0 Å². The lowest BCUT2D eigenvalue weighted by Gasteiger charge is -2.13. The molecule has 0 bridgehead atoms. The van der Waals surface area contributed by atoms with Gasteiger partial charge in [-0.15, -0.1) is 0 Å². The minimum Gasteiger partial charge on any atom is -0.495 e. The fourth-order valence-electron chi connectivity index (χ4n) is 1.65. The number of pyridine rings is 1. The molecule has 1 aromatic carbocycles. The second-order valence-corrected chi connectivity index (χ2v) is 7.25. The predicted octanol–water partition coefficient (Wildman–Crippen LogP) is 3.62. The number of sulfonamides is 1. The van der Waals surface area contributed by atoms with Crippen LogP contribution in [0.2, 0.25) is 5.02 Å². The summed E-state index contributed by atoms with van der Waals surface area (Å²) < 4.78 is 32.9. The fraction of sp³-hybridized carbons (Fsp3) is 0.154. The third kappa shape index (κ3) is 3.66. The Morgan fingerprint density at radius 3 is 2.62 bits per heavy atom. The Kier molecular flexibility index (Phi) is 4.75. The molecule has 1 heterocycles. The molecule has 0 atom stereocenters. The number of hydrogen-bond acceptors (Lipinski definition) is 4. The first-order chi connectivity index (χ1) is 9.83. The first-order valence-electron chi connectivity index (χ1n) is 5.81. The molecule has 2 aromatic rings. The van der Waals surface area contributed by atoms with Crippen molar-refractivity contribution >= 4 is 43.2 Å². The lowest BCUT2D eigenvalue weighted by atomic mass is 10.2. The van der Waals surface area contributed by atoms with Gasteiger partial charge in [-0.25, -0.2) is 8.42 Å². The summed E-state index contributed by atoms with van der Waals surface area (Å²) in [5, 5.41) is 0.499. The molecule has 1 aromatic heterocycles. The van der Waals surface area contributed by atoms with E-state index in [1.54, 1.807) is 19.1 Å². The number of hydrogen-bond donors (Lipinski definition) is 1. The van der Waals surface area contributed by atoms with Gasteiger partial charge in [0.25, 0.3) is 10.0 Å². The van der Waals surface area contributed by atoms with Crippen LogP contribution in [0, 0.1) is 6.92 Å². The molecule has 1 N–H and O–H groups in total. The number of aromatic nitrogens is 1. The van der Waals surface area contributed by atoms with Crippen LogP contribution in [0.5, 0.6) is 5.75 Å². The van der Waals surface area contributed by atoms with Gasteiger partial charge in [0.1, 0.15) is 10.6 Å². The molecular weight excluding hydrogens is 380 g/mol. The maximum atomic E-state index is 12.4. The number of halogens is 2. The normalized spacial score (nSPS) is 11.2. The minimum absolute atomic E-state index is 0.0477. The number of rotatable bonds is 4. The molecule has 0 fully saturated rings. The average molecular weight is 392 g/mol. The van der Waals surface area contributed by atoms with Crippen molar-refractivity contribution in [3.8, 4) is 5.75 Å². The zero-order valence-electron chi connectivity index (χ0n) is 11.2. The summed E-state index contributed by atoms with van der Waals surface area (Å²) in [6, 6.07) is 4.64. The van der Waals surface area contributed by atoms with E-state index < -0.39 is 10.0 Å². The summed E-state index contributed by atoms with van der Waals surface area (Å²) in [6.45, 7) is 1.78. The van der Waals surface area contributed by atoms with Gasteiger partial charge >= 0.3 is 0 Å². The topological polar surface area (TPSA) is 68.3 Å². The van der Waals surface area contributed by atoms with Gasteiger partial charge in [0.15, 0.2) is 0 Å². The highest BCUT2D eigenvalue weighted by molar-refractivity contribution is 9.10. The van der Waals surface area contributed by atoms with E-state index in [0.717, 1.165) is 5.56 Å². The van der Waals surface area contributed by atoms with E-state index in [-0.39, 0.29) is 4.90 Å². The number of methoxy groups -OCH3 is 1. The molecule has 5 nitrogen and oxygen atoms in total. The van der Waals surface area contributed by atoms with Gasteiger partial charge in [-0.3, -0.25) is 9.71 Å². The lowest BCUT2D eigenvalue weighted by molar-refractivity contribution is 0.417. The largest absolute Gasteiger partial charge is 0.495 e. The van der Waals surface area contributed by atoms with Crippen molar-refractivity contribution in [2.24, 2.45) is 0 Å². The maximum Gasteiger partial charge on any atom is 0.263 e. The fourth-order valence-corrected chi connectivity index (χ4v) is 3.37. The van der Waals surface area contributed by atoms with Crippen LogP contribution in [-0.2, 0) is 10.0 Å². The van der Waals surface area contributed by atoms with E-state index >= 15 is 0 Å². The number of anilines is 1. The summed E-state index contributed by atoms with van der Waals surface area (Å²) in [4.78, 5) is 3.90. The van der Waals surface area contributed by atoms with Crippen LogP contribution in [0.3, 0.4) is 0 Å². The number of aryl methyl sites for hydroxylation is 1. The van der Waals surface area contributed by atoms with E-state index in [1.165, 1.54) is 25.6 Å². The van der Waals surface area contributed by atoms with E-state index in [1.807, 2.05) is 0 Å². The van der Waals surface area contributed by atoms with Crippen molar-refractivity contribution in [1.29, 1.82) is 0 Å².